The molecule has 2 aliphatic rings. The summed E-state index contributed by atoms with van der Waals surface area (Å²) in [4.78, 5) is 19.4. The highest BCUT2D eigenvalue weighted by molar-refractivity contribution is 6.05. The molecule has 110 valence electrons. The molecule has 2 fully saturated rings. The number of likely N-dealkylation sites (tertiary alicyclic amines) is 1. The predicted octanol–water partition coefficient (Wildman–Crippen LogP) is 2.74. The van der Waals surface area contributed by atoms with E-state index in [9.17, 15) is 4.79 Å². The minimum Gasteiger partial charge on any atom is -0.338 e. The molecule has 3 heterocycles. The van der Waals surface area contributed by atoms with Crippen molar-refractivity contribution in [2.24, 2.45) is 0 Å². The van der Waals surface area contributed by atoms with Crippen molar-refractivity contribution in [3.8, 4) is 0 Å². The lowest BCUT2D eigenvalue weighted by Gasteiger charge is -2.31. The van der Waals surface area contributed by atoms with Crippen LogP contribution in [0.4, 0.5) is 0 Å². The van der Waals surface area contributed by atoms with Crippen molar-refractivity contribution in [1.29, 1.82) is 0 Å². The Kier molecular flexibility index (Phi) is 2.77. The van der Waals surface area contributed by atoms with Crippen molar-refractivity contribution in [2.45, 2.75) is 45.1 Å². The van der Waals surface area contributed by atoms with Crippen molar-refractivity contribution in [3.05, 3.63) is 23.5 Å². The number of carbonyl (C=O) groups excluding carboxylic acids is 1. The SMILES string of the molecule is CC(C)n1ncc2c(C(=O)N3CCC3)cc(C3CC3)nc21. The number of carbonyl (C=O) groups is 1. The number of rotatable bonds is 3. The largest absolute Gasteiger partial charge is 0.338 e. The van der Waals surface area contributed by atoms with E-state index in [2.05, 4.69) is 18.9 Å². The fourth-order valence-corrected chi connectivity index (χ4v) is 2.87. The van der Waals surface area contributed by atoms with Gasteiger partial charge in [-0.3, -0.25) is 4.79 Å². The van der Waals surface area contributed by atoms with E-state index >= 15 is 0 Å². The van der Waals surface area contributed by atoms with Gasteiger partial charge in [-0.15, -0.1) is 0 Å². The molecule has 0 spiro atoms. The molecule has 4 rings (SSSR count). The zero-order chi connectivity index (χ0) is 14.6. The second-order valence-corrected chi connectivity index (χ2v) is 6.43. The van der Waals surface area contributed by atoms with Crippen LogP contribution < -0.4 is 0 Å². The van der Waals surface area contributed by atoms with Crippen LogP contribution >= 0.6 is 0 Å². The van der Waals surface area contributed by atoms with Crippen molar-refractivity contribution >= 4 is 16.9 Å². The van der Waals surface area contributed by atoms with Crippen LogP contribution in [0.1, 0.15) is 61.1 Å². The average Bonchev–Trinajstić information content (AvgIpc) is 3.14. The monoisotopic (exact) mass is 284 g/mol. The van der Waals surface area contributed by atoms with Crippen molar-refractivity contribution in [1.82, 2.24) is 19.7 Å². The molecule has 0 bridgehead atoms. The molecule has 21 heavy (non-hydrogen) atoms. The summed E-state index contributed by atoms with van der Waals surface area (Å²) >= 11 is 0. The number of pyridine rings is 1. The standard InChI is InChI=1S/C16H20N4O/c1-10(2)20-15-13(9-17-20)12(16(21)19-6-3-7-19)8-14(18-15)11-4-5-11/h8-11H,3-7H2,1-2H3. The van der Waals surface area contributed by atoms with E-state index in [1.165, 1.54) is 12.8 Å². The van der Waals surface area contributed by atoms with Gasteiger partial charge in [-0.05, 0) is 39.2 Å². The number of nitrogens with zero attached hydrogens (tertiary/aromatic N) is 4. The number of aromatic nitrogens is 3. The van der Waals surface area contributed by atoms with Crippen LogP contribution in [-0.4, -0.2) is 38.7 Å². The normalized spacial score (nSPS) is 18.3. The molecular weight excluding hydrogens is 264 g/mol. The summed E-state index contributed by atoms with van der Waals surface area (Å²) in [6.07, 6.45) is 5.28. The maximum absolute atomic E-state index is 12.7. The van der Waals surface area contributed by atoms with Gasteiger partial charge in [0.15, 0.2) is 5.65 Å². The second kappa shape index (κ2) is 4.55. The molecule has 0 unspecified atom stereocenters. The summed E-state index contributed by atoms with van der Waals surface area (Å²) in [5.41, 5.74) is 2.71. The van der Waals surface area contributed by atoms with Crippen molar-refractivity contribution in [2.75, 3.05) is 13.1 Å². The molecule has 5 heteroatoms. The Labute approximate surface area is 123 Å². The Balaban J connectivity index is 1.88. The molecule has 0 N–H and O–H groups in total. The first-order valence-electron chi connectivity index (χ1n) is 7.82. The highest BCUT2D eigenvalue weighted by atomic mass is 16.2. The van der Waals surface area contributed by atoms with Crippen LogP contribution in [0.25, 0.3) is 11.0 Å². The quantitative estimate of drug-likeness (QED) is 0.870. The first kappa shape index (κ1) is 12.8. The average molecular weight is 284 g/mol. The Morgan fingerprint density at radius 1 is 1.33 bits per heavy atom. The molecule has 0 aromatic carbocycles. The summed E-state index contributed by atoms with van der Waals surface area (Å²) in [5.74, 6) is 0.673. The van der Waals surface area contributed by atoms with Gasteiger partial charge in [-0.1, -0.05) is 0 Å². The zero-order valence-corrected chi connectivity index (χ0v) is 12.5. The topological polar surface area (TPSA) is 51.0 Å². The Hall–Kier alpha value is -1.91. The van der Waals surface area contributed by atoms with Gasteiger partial charge in [0.05, 0.1) is 17.1 Å². The maximum atomic E-state index is 12.7. The minimum atomic E-state index is 0.138. The van der Waals surface area contributed by atoms with E-state index in [-0.39, 0.29) is 11.9 Å². The maximum Gasteiger partial charge on any atom is 0.254 e. The van der Waals surface area contributed by atoms with Crippen LogP contribution in [0.3, 0.4) is 0 Å². The Morgan fingerprint density at radius 3 is 2.67 bits per heavy atom. The number of hydrogen-bond acceptors (Lipinski definition) is 3. The lowest BCUT2D eigenvalue weighted by atomic mass is 10.1. The molecule has 2 aromatic heterocycles. The summed E-state index contributed by atoms with van der Waals surface area (Å²) in [6, 6.07) is 2.25. The number of fused-ring (bicyclic) bond motifs is 1. The highest BCUT2D eigenvalue weighted by Crippen LogP contribution is 2.40. The molecule has 2 aromatic rings. The van der Waals surface area contributed by atoms with Crippen LogP contribution in [-0.2, 0) is 0 Å². The molecular formula is C16H20N4O. The van der Waals surface area contributed by atoms with Crippen LogP contribution in [0, 0.1) is 0 Å². The van der Waals surface area contributed by atoms with Crippen LogP contribution in [0.15, 0.2) is 12.3 Å². The third-order valence-corrected chi connectivity index (χ3v) is 4.44. The highest BCUT2D eigenvalue weighted by Gasteiger charge is 2.30. The van der Waals surface area contributed by atoms with Crippen LogP contribution in [0.5, 0.6) is 0 Å². The summed E-state index contributed by atoms with van der Waals surface area (Å²) in [6.45, 7) is 5.93. The van der Waals surface area contributed by atoms with E-state index < -0.39 is 0 Å². The molecule has 0 atom stereocenters. The summed E-state index contributed by atoms with van der Waals surface area (Å²) in [5, 5.41) is 5.34. The van der Waals surface area contributed by atoms with E-state index in [0.29, 0.717) is 5.92 Å². The van der Waals surface area contributed by atoms with Gasteiger partial charge in [0.1, 0.15) is 0 Å². The van der Waals surface area contributed by atoms with Gasteiger partial charge in [-0.2, -0.15) is 5.10 Å². The first-order chi connectivity index (χ1) is 10.1. The third kappa shape index (κ3) is 2.03. The van der Waals surface area contributed by atoms with Crippen molar-refractivity contribution < 1.29 is 4.79 Å². The smallest absolute Gasteiger partial charge is 0.254 e. The zero-order valence-electron chi connectivity index (χ0n) is 12.5. The van der Waals surface area contributed by atoms with E-state index in [1.807, 2.05) is 15.6 Å². The third-order valence-electron chi connectivity index (χ3n) is 4.44. The Bertz CT molecular complexity index is 710. The molecule has 1 saturated carbocycles. The van der Waals surface area contributed by atoms with E-state index in [1.54, 1.807) is 6.20 Å². The van der Waals surface area contributed by atoms with Gasteiger partial charge in [-0.25, -0.2) is 9.67 Å². The van der Waals surface area contributed by atoms with Crippen molar-refractivity contribution in [3.63, 3.8) is 0 Å². The Morgan fingerprint density at radius 2 is 2.10 bits per heavy atom. The summed E-state index contributed by atoms with van der Waals surface area (Å²) in [7, 11) is 0. The lowest BCUT2D eigenvalue weighted by Crippen LogP contribution is -2.42. The molecule has 1 aliphatic carbocycles. The van der Waals surface area contributed by atoms with Crippen LogP contribution in [0.2, 0.25) is 0 Å². The first-order valence-corrected chi connectivity index (χ1v) is 7.82. The molecule has 0 radical (unpaired) electrons. The minimum absolute atomic E-state index is 0.138. The molecule has 1 amide bonds. The fraction of sp³-hybridized carbons (Fsp3) is 0.562. The molecule has 1 aliphatic heterocycles. The lowest BCUT2D eigenvalue weighted by molar-refractivity contribution is 0.0653. The van der Waals surface area contributed by atoms with Gasteiger partial charge >= 0.3 is 0 Å². The number of amides is 1. The van der Waals surface area contributed by atoms with E-state index in [0.717, 1.165) is 41.8 Å². The second-order valence-electron chi connectivity index (χ2n) is 6.43. The van der Waals surface area contributed by atoms with Gasteiger partial charge in [0, 0.05) is 30.7 Å². The predicted molar refractivity (Wildman–Crippen MR) is 80.4 cm³/mol. The summed E-state index contributed by atoms with van der Waals surface area (Å²) < 4.78 is 1.92. The fourth-order valence-electron chi connectivity index (χ4n) is 2.87. The van der Waals surface area contributed by atoms with Gasteiger partial charge in [0.25, 0.3) is 5.91 Å². The number of hydrogen-bond donors (Lipinski definition) is 0. The molecule has 5 nitrogen and oxygen atoms in total. The van der Waals surface area contributed by atoms with E-state index in [4.69, 9.17) is 4.98 Å². The van der Waals surface area contributed by atoms with Gasteiger partial charge < -0.3 is 4.90 Å². The van der Waals surface area contributed by atoms with Gasteiger partial charge in [0.2, 0.25) is 0 Å². The molecule has 1 saturated heterocycles.